The van der Waals surface area contributed by atoms with Crippen LogP contribution >= 0.6 is 0 Å². The van der Waals surface area contributed by atoms with E-state index in [1.54, 1.807) is 6.08 Å². The Morgan fingerprint density at radius 2 is 1.71 bits per heavy atom. The van der Waals surface area contributed by atoms with Crippen molar-refractivity contribution < 1.29 is 42.3 Å². The van der Waals surface area contributed by atoms with Crippen LogP contribution in [0, 0.1) is 17.7 Å². The van der Waals surface area contributed by atoms with Crippen LogP contribution in [0.3, 0.4) is 0 Å². The lowest BCUT2D eigenvalue weighted by atomic mass is 9.58. The molecule has 1 aliphatic heterocycles. The average Bonchev–Trinajstić information content (AvgIpc) is 3.60. The number of fused-ring (bicyclic) bond motifs is 5. The van der Waals surface area contributed by atoms with E-state index in [0.29, 0.717) is 44.0 Å². The number of carbonyl (C=O) groups is 3. The molecule has 1 aromatic carbocycles. The van der Waals surface area contributed by atoms with Gasteiger partial charge < -0.3 is 28.8 Å². The van der Waals surface area contributed by atoms with Crippen molar-refractivity contribution in [1.82, 2.24) is 15.0 Å². The lowest BCUT2D eigenvalue weighted by Crippen LogP contribution is -2.65. The maximum Gasteiger partial charge on any atom is 0.265 e. The molecule has 6 rings (SSSR count). The van der Waals surface area contributed by atoms with Gasteiger partial charge in [-0.25, -0.2) is 4.39 Å². The molecule has 0 radical (unpaired) electrons. The summed E-state index contributed by atoms with van der Waals surface area (Å²) in [5, 5.41) is 19.9. The number of anilines is 1. The summed E-state index contributed by atoms with van der Waals surface area (Å²) in [6.07, 6.45) is 5.92. The Labute approximate surface area is 350 Å². The number of carbonyl (C=O) groups excluding carboxylic acids is 3. The van der Waals surface area contributed by atoms with Crippen LogP contribution in [0.4, 0.5) is 10.1 Å². The van der Waals surface area contributed by atoms with E-state index in [2.05, 4.69) is 37.8 Å². The number of allylic oxidation sites excluding steroid dienone is 1. The molecule has 1 aromatic heterocycles. The summed E-state index contributed by atoms with van der Waals surface area (Å²) in [5.41, 5.74) is -1.32. The van der Waals surface area contributed by atoms with Crippen LogP contribution in [-0.2, 0) is 22.1 Å². The van der Waals surface area contributed by atoms with Crippen LogP contribution in [0.25, 0.3) is 0 Å². The largest absolute Gasteiger partial charge is 0.508 e. The summed E-state index contributed by atoms with van der Waals surface area (Å²) in [5.74, 6) is -3.52. The SMILES string of the molecule is C=CCN(CCC)C1Cc2c(F)c3c(c(OCCCC)c2NC1=O)C(=O)C1=C(O)[C@]2(O[Si](C)(C)C(C)(C)C)C(=O)c4c(OCCCC)noc4[C@@H](N(C)CC)[C@@H]2C[C@@H]1C3. The zero-order valence-corrected chi connectivity index (χ0v) is 37.8. The molecule has 2 N–H and O–H groups in total. The number of halogens is 1. The first-order valence-corrected chi connectivity index (χ1v) is 24.6. The van der Waals surface area contributed by atoms with E-state index in [4.69, 9.17) is 18.4 Å². The highest BCUT2D eigenvalue weighted by molar-refractivity contribution is 6.74. The Balaban J connectivity index is 1.60. The number of nitrogens with one attached hydrogen (secondary N) is 1. The van der Waals surface area contributed by atoms with Crippen molar-refractivity contribution in [2.45, 2.75) is 136 Å². The van der Waals surface area contributed by atoms with Gasteiger partial charge in [0, 0.05) is 35.6 Å². The first-order valence-electron chi connectivity index (χ1n) is 21.7. The topological polar surface area (TPSA) is 144 Å². The molecule has 4 aliphatic rings. The minimum atomic E-state index is -2.94. The van der Waals surface area contributed by atoms with Crippen molar-refractivity contribution in [3.05, 3.63) is 57.8 Å². The van der Waals surface area contributed by atoms with Gasteiger partial charge in [-0.1, -0.05) is 67.4 Å². The summed E-state index contributed by atoms with van der Waals surface area (Å²) in [4.78, 5) is 48.8. The number of rotatable bonds is 17. The quantitative estimate of drug-likeness (QED) is 0.0897. The molecule has 2 heterocycles. The number of aliphatic hydroxyl groups is 1. The molecule has 0 saturated carbocycles. The minimum Gasteiger partial charge on any atom is -0.508 e. The molecule has 5 atom stereocenters. The van der Waals surface area contributed by atoms with Crippen LogP contribution in [0.2, 0.25) is 18.1 Å². The summed E-state index contributed by atoms with van der Waals surface area (Å²) in [7, 11) is -1.02. The second kappa shape index (κ2) is 17.3. The van der Waals surface area contributed by atoms with Gasteiger partial charge in [0.2, 0.25) is 11.7 Å². The zero-order chi connectivity index (χ0) is 43.2. The molecule has 1 amide bonds. The Hall–Kier alpha value is -3.85. The molecule has 0 saturated heterocycles. The minimum absolute atomic E-state index is 0.00636. The van der Waals surface area contributed by atoms with Crippen LogP contribution < -0.4 is 14.8 Å². The molecule has 0 spiro atoms. The second-order valence-corrected chi connectivity index (χ2v) is 23.0. The fourth-order valence-electron chi connectivity index (χ4n) is 9.19. The lowest BCUT2D eigenvalue weighted by Gasteiger charge is -2.55. The van der Waals surface area contributed by atoms with Gasteiger partial charge >= 0.3 is 0 Å². The highest BCUT2D eigenvalue weighted by Gasteiger charge is 2.67. The smallest absolute Gasteiger partial charge is 0.265 e. The number of amides is 1. The van der Waals surface area contributed by atoms with Crippen LogP contribution in [0.5, 0.6) is 11.6 Å². The number of aliphatic hydroxyl groups excluding tert-OH is 1. The third kappa shape index (κ3) is 7.50. The van der Waals surface area contributed by atoms with Gasteiger partial charge in [-0.05, 0) is 81.4 Å². The average molecular weight is 837 g/mol. The van der Waals surface area contributed by atoms with E-state index in [-0.39, 0.29) is 71.4 Å². The Bertz CT molecular complexity index is 2000. The summed E-state index contributed by atoms with van der Waals surface area (Å²) >= 11 is 0. The highest BCUT2D eigenvalue weighted by atomic mass is 28.4. The van der Waals surface area contributed by atoms with Crippen molar-refractivity contribution in [3.8, 4) is 11.6 Å². The van der Waals surface area contributed by atoms with E-state index in [1.165, 1.54) is 0 Å². The van der Waals surface area contributed by atoms with Gasteiger partial charge in [0.1, 0.15) is 17.1 Å². The number of benzene rings is 1. The molecule has 1 unspecified atom stereocenters. The molecule has 2 aromatic rings. The molecular weight excluding hydrogens is 772 g/mol. The lowest BCUT2D eigenvalue weighted by molar-refractivity contribution is -0.121. The number of aromatic nitrogens is 1. The Morgan fingerprint density at radius 3 is 2.32 bits per heavy atom. The first kappa shape index (κ1) is 44.7. The number of hydrogen-bond acceptors (Lipinski definition) is 11. The molecular formula is C45H65FN4O8Si. The summed E-state index contributed by atoms with van der Waals surface area (Å²) in [6.45, 7) is 24.3. The van der Waals surface area contributed by atoms with E-state index in [9.17, 15) is 9.90 Å². The van der Waals surface area contributed by atoms with Crippen molar-refractivity contribution in [2.24, 2.45) is 11.8 Å². The van der Waals surface area contributed by atoms with E-state index < -0.39 is 66.0 Å². The second-order valence-electron chi connectivity index (χ2n) is 18.3. The fraction of sp³-hybridized carbons (Fsp3) is 0.644. The Morgan fingerprint density at radius 1 is 1.03 bits per heavy atom. The zero-order valence-electron chi connectivity index (χ0n) is 36.8. The third-order valence-corrected chi connectivity index (χ3v) is 17.9. The normalized spacial score (nSPS) is 24.1. The van der Waals surface area contributed by atoms with Crippen molar-refractivity contribution in [3.63, 3.8) is 0 Å². The van der Waals surface area contributed by atoms with Crippen molar-refractivity contribution >= 4 is 31.5 Å². The number of unbranched alkanes of at least 4 members (excludes halogenated alkanes) is 2. The maximum atomic E-state index is 17.4. The van der Waals surface area contributed by atoms with E-state index in [0.717, 1.165) is 25.7 Å². The molecule has 59 heavy (non-hydrogen) atoms. The van der Waals surface area contributed by atoms with Gasteiger partial charge in [0.25, 0.3) is 5.88 Å². The van der Waals surface area contributed by atoms with Crippen LogP contribution in [0.1, 0.15) is 131 Å². The molecule has 3 aliphatic carbocycles. The van der Waals surface area contributed by atoms with Crippen molar-refractivity contribution in [1.29, 1.82) is 0 Å². The summed E-state index contributed by atoms with van der Waals surface area (Å²) in [6, 6.07) is -1.26. The maximum absolute atomic E-state index is 17.4. The first-order chi connectivity index (χ1) is 27.9. The van der Waals surface area contributed by atoms with Gasteiger partial charge in [0.15, 0.2) is 31.2 Å². The van der Waals surface area contributed by atoms with Crippen LogP contribution in [0.15, 0.2) is 28.5 Å². The van der Waals surface area contributed by atoms with Gasteiger partial charge in [-0.3, -0.25) is 24.2 Å². The van der Waals surface area contributed by atoms with Crippen molar-refractivity contribution in [2.75, 3.05) is 45.2 Å². The van der Waals surface area contributed by atoms with Gasteiger partial charge in [-0.2, -0.15) is 0 Å². The molecule has 14 heteroatoms. The number of hydrogen-bond donors (Lipinski definition) is 2. The van der Waals surface area contributed by atoms with Gasteiger partial charge in [-0.15, -0.1) is 6.58 Å². The fourth-order valence-corrected chi connectivity index (χ4v) is 10.6. The predicted octanol–water partition coefficient (Wildman–Crippen LogP) is 8.77. The standard InChI is InChI=1S/C45H65FN4O8Si/c1-12-17-21-55-38-32-27(34(46)28-25-30(42(54)47-35(28)38)50(19-14-3)20-15-4)23-26-24-29-36(49(9)16-5)39-33(43(48-57-39)56-22-18-13-2)41(53)45(29,40(52)31(26)37(32)51)58-59(10,11)44(6,7)8/h14,26,29-30,36,52H,3,12-13,15-25H2,1-2,4-11H3,(H,47,54)/t26-,29-,30?,36-,45-/m0/s1. The molecule has 0 bridgehead atoms. The van der Waals surface area contributed by atoms with Gasteiger partial charge in [0.05, 0.1) is 36.5 Å². The van der Waals surface area contributed by atoms with E-state index in [1.807, 2.05) is 57.6 Å². The summed E-state index contributed by atoms with van der Waals surface area (Å²) < 4.78 is 43.2. The molecule has 12 nitrogen and oxygen atoms in total. The molecule has 324 valence electrons. The van der Waals surface area contributed by atoms with E-state index >= 15 is 14.0 Å². The third-order valence-electron chi connectivity index (χ3n) is 13.4. The predicted molar refractivity (Wildman–Crippen MR) is 228 cm³/mol. The molecule has 0 fully saturated rings. The number of Topliss-reactive ketones (excluding diaryl/α,β-unsaturated/α-hetero) is 2. The number of ketones is 2. The highest BCUT2D eigenvalue weighted by Crippen LogP contribution is 2.60. The Kier molecular flexibility index (Phi) is 13.1. The monoisotopic (exact) mass is 836 g/mol. The number of nitrogens with zero attached hydrogens (tertiary/aromatic N) is 3. The van der Waals surface area contributed by atoms with Crippen LogP contribution in [-0.4, -0.2) is 97.4 Å². The number of ether oxygens (including phenoxy) is 2.